The van der Waals surface area contributed by atoms with Crippen molar-refractivity contribution in [2.24, 2.45) is 0 Å². The molecule has 0 rings (SSSR count). The molecule has 0 amide bonds. The molecule has 2 N–H and O–H groups in total. The van der Waals surface area contributed by atoms with Crippen LogP contribution in [0.5, 0.6) is 0 Å². The molecule has 0 aromatic rings. The zero-order valence-corrected chi connectivity index (χ0v) is 10.3. The molecule has 0 radical (unpaired) electrons. The Bertz CT molecular complexity index is 185. The third-order valence-corrected chi connectivity index (χ3v) is 4.18. The van der Waals surface area contributed by atoms with Gasteiger partial charge < -0.3 is 0 Å². The molecule has 86 valence electrons. The fourth-order valence-electron chi connectivity index (χ4n) is 1.97. The molecule has 0 saturated carbocycles. The largest absolute Gasteiger partial charge is 0.526 e. The first kappa shape index (κ1) is 14.1. The van der Waals surface area contributed by atoms with Gasteiger partial charge >= 0.3 is 7.75 Å². The second-order valence-corrected chi connectivity index (χ2v) is 5.65. The number of hydrogen-bond acceptors (Lipinski definition) is 1. The third kappa shape index (κ3) is 3.35. The van der Waals surface area contributed by atoms with Crippen molar-refractivity contribution in [3.05, 3.63) is 0 Å². The lowest BCUT2D eigenvalue weighted by molar-refractivity contribution is -0.824. The topological polar surface area (TPSA) is 57.5 Å². The minimum atomic E-state index is -4.02. The summed E-state index contributed by atoms with van der Waals surface area (Å²) in [7, 11) is -4.02. The van der Waals surface area contributed by atoms with E-state index < -0.39 is 7.75 Å². The monoisotopic (exact) mass is 224 g/mol. The Morgan fingerprint density at radius 1 is 0.929 bits per heavy atom. The van der Waals surface area contributed by atoms with Gasteiger partial charge in [0.25, 0.3) is 0 Å². The molecule has 0 saturated heterocycles. The normalized spacial score (nSPS) is 13.2. The Balaban J connectivity index is 4.83. The molecule has 0 aromatic heterocycles. The fourth-order valence-corrected chi connectivity index (χ4v) is 3.36. The smallest absolute Gasteiger partial charge is 0.279 e. The van der Waals surface area contributed by atoms with Crippen LogP contribution in [0.15, 0.2) is 0 Å². The zero-order valence-electron chi connectivity index (χ0n) is 9.44. The molecule has 4 nitrogen and oxygen atoms in total. The first-order valence-corrected chi connectivity index (χ1v) is 6.92. The van der Waals surface area contributed by atoms with E-state index in [1.54, 1.807) is 0 Å². The van der Waals surface area contributed by atoms with Gasteiger partial charge in [0.2, 0.25) is 0 Å². The van der Waals surface area contributed by atoms with Crippen molar-refractivity contribution in [2.45, 2.75) is 40.0 Å². The van der Waals surface area contributed by atoms with E-state index in [9.17, 15) is 14.4 Å². The number of quaternary nitrogens is 1. The van der Waals surface area contributed by atoms with E-state index in [1.807, 2.05) is 20.8 Å². The lowest BCUT2D eigenvalue weighted by Crippen LogP contribution is -2.46. The number of rotatable bonds is 7. The van der Waals surface area contributed by atoms with Crippen LogP contribution in [0, 0.1) is 0 Å². The second kappa shape index (κ2) is 5.86. The SMILES string of the molecule is CCC[N+](CCC)(CCC)P(=O)(O)O. The Hall–Kier alpha value is 0.110. The highest BCUT2D eigenvalue weighted by Crippen LogP contribution is 2.48. The molecule has 0 fully saturated rings. The maximum atomic E-state index is 11.5. The summed E-state index contributed by atoms with van der Waals surface area (Å²) in [5.41, 5.74) is 0. The Kier molecular flexibility index (Phi) is 5.91. The van der Waals surface area contributed by atoms with Gasteiger partial charge in [-0.05, 0) is 19.3 Å². The van der Waals surface area contributed by atoms with Gasteiger partial charge in [0.05, 0.1) is 19.6 Å². The van der Waals surface area contributed by atoms with Gasteiger partial charge in [-0.1, -0.05) is 20.8 Å². The maximum Gasteiger partial charge on any atom is 0.526 e. The molecule has 0 spiro atoms. The highest BCUT2D eigenvalue weighted by atomic mass is 31.2. The van der Waals surface area contributed by atoms with E-state index >= 15 is 0 Å². The van der Waals surface area contributed by atoms with Crippen LogP contribution in [-0.2, 0) is 4.57 Å². The van der Waals surface area contributed by atoms with Crippen LogP contribution in [0.3, 0.4) is 0 Å². The molecule has 0 heterocycles. The third-order valence-electron chi connectivity index (χ3n) is 2.47. The van der Waals surface area contributed by atoms with Gasteiger partial charge in [0.15, 0.2) is 0 Å². The van der Waals surface area contributed by atoms with Crippen molar-refractivity contribution in [3.8, 4) is 0 Å². The van der Waals surface area contributed by atoms with Gasteiger partial charge in [0, 0.05) is 0 Å². The van der Waals surface area contributed by atoms with Crippen molar-refractivity contribution in [1.29, 1.82) is 0 Å². The molecular formula is C9H23NO3P+. The Morgan fingerprint density at radius 3 is 1.36 bits per heavy atom. The second-order valence-electron chi connectivity index (χ2n) is 3.78. The molecule has 0 unspecified atom stereocenters. The molecule has 0 aromatic carbocycles. The van der Waals surface area contributed by atoms with Crippen LogP contribution >= 0.6 is 7.75 Å². The van der Waals surface area contributed by atoms with E-state index in [1.165, 1.54) is 0 Å². The quantitative estimate of drug-likeness (QED) is 0.651. The predicted molar refractivity (Wildman–Crippen MR) is 57.8 cm³/mol. The van der Waals surface area contributed by atoms with Crippen molar-refractivity contribution >= 4 is 7.75 Å². The van der Waals surface area contributed by atoms with Crippen LogP contribution in [0.4, 0.5) is 0 Å². The molecule has 0 aliphatic heterocycles. The van der Waals surface area contributed by atoms with E-state index in [2.05, 4.69) is 0 Å². The van der Waals surface area contributed by atoms with Gasteiger partial charge in [-0.3, -0.25) is 9.79 Å². The van der Waals surface area contributed by atoms with Crippen molar-refractivity contribution < 1.29 is 18.6 Å². The number of nitrogens with zero attached hydrogens (tertiary/aromatic N) is 1. The molecule has 5 heteroatoms. The van der Waals surface area contributed by atoms with Gasteiger partial charge in [0.1, 0.15) is 0 Å². The predicted octanol–water partition coefficient (Wildman–Crippen LogP) is 2.13. The number of hydrogen-bond donors (Lipinski definition) is 2. The van der Waals surface area contributed by atoms with E-state index in [0.717, 1.165) is 19.3 Å². The summed E-state index contributed by atoms with van der Waals surface area (Å²) in [6, 6.07) is 0. The van der Waals surface area contributed by atoms with E-state index in [4.69, 9.17) is 0 Å². The summed E-state index contributed by atoms with van der Waals surface area (Å²) in [4.78, 5) is 18.8. The van der Waals surface area contributed by atoms with E-state index in [0.29, 0.717) is 19.6 Å². The zero-order chi connectivity index (χ0) is 11.2. The average molecular weight is 224 g/mol. The Morgan fingerprint density at radius 2 is 1.21 bits per heavy atom. The lowest BCUT2D eigenvalue weighted by atomic mass is 10.3. The van der Waals surface area contributed by atoms with Crippen LogP contribution in [-0.4, -0.2) is 33.7 Å². The molecule has 0 bridgehead atoms. The van der Waals surface area contributed by atoms with Crippen LogP contribution in [0.25, 0.3) is 0 Å². The maximum absolute atomic E-state index is 11.5. The lowest BCUT2D eigenvalue weighted by Gasteiger charge is -2.37. The summed E-state index contributed by atoms with van der Waals surface area (Å²) in [6.45, 7) is 7.62. The van der Waals surface area contributed by atoms with Gasteiger partial charge in [-0.25, -0.2) is 8.82 Å². The summed E-state index contributed by atoms with van der Waals surface area (Å²) in [5.74, 6) is 0. The standard InChI is InChI=1S/C9H22NO3P/c1-4-7-10(8-5-2,9-6-3)14(11,12)13/h4-9H2,1-3H3,(H-,11,12,13)/p+1. The molecule has 14 heavy (non-hydrogen) atoms. The molecular weight excluding hydrogens is 201 g/mol. The molecule has 0 aliphatic carbocycles. The van der Waals surface area contributed by atoms with Crippen LogP contribution in [0.1, 0.15) is 40.0 Å². The first-order chi connectivity index (χ1) is 6.43. The summed E-state index contributed by atoms with van der Waals surface area (Å²) < 4.78 is 11.5. The van der Waals surface area contributed by atoms with Crippen LogP contribution in [0.2, 0.25) is 0 Å². The van der Waals surface area contributed by atoms with E-state index in [-0.39, 0.29) is 4.25 Å². The average Bonchev–Trinajstić information content (AvgIpc) is 2.03. The summed E-state index contributed by atoms with van der Waals surface area (Å²) in [5, 5.41) is 0. The van der Waals surface area contributed by atoms with Gasteiger partial charge in [-0.2, -0.15) is 0 Å². The molecule has 0 aliphatic rings. The molecule has 0 atom stereocenters. The minimum absolute atomic E-state index is 0.0312. The highest BCUT2D eigenvalue weighted by molar-refractivity contribution is 7.45. The minimum Gasteiger partial charge on any atom is -0.279 e. The fraction of sp³-hybridized carbons (Fsp3) is 1.00. The van der Waals surface area contributed by atoms with Gasteiger partial charge in [-0.15, -0.1) is 0 Å². The van der Waals surface area contributed by atoms with Crippen molar-refractivity contribution in [2.75, 3.05) is 19.6 Å². The highest BCUT2D eigenvalue weighted by Gasteiger charge is 2.43. The van der Waals surface area contributed by atoms with Crippen molar-refractivity contribution in [1.82, 2.24) is 0 Å². The summed E-state index contributed by atoms with van der Waals surface area (Å²) >= 11 is 0. The van der Waals surface area contributed by atoms with Crippen molar-refractivity contribution in [3.63, 3.8) is 0 Å². The van der Waals surface area contributed by atoms with Crippen LogP contribution < -0.4 is 0 Å². The summed E-state index contributed by atoms with van der Waals surface area (Å²) in [6.07, 6.45) is 2.43. The Labute approximate surface area is 86.7 Å². The first-order valence-electron chi connectivity index (χ1n) is 5.35.